The number of aromatic nitrogens is 4. The molecule has 0 aliphatic carbocycles. The second-order valence-corrected chi connectivity index (χ2v) is 8.46. The summed E-state index contributed by atoms with van der Waals surface area (Å²) in [4.78, 5) is 38.0. The molecule has 0 spiro atoms. The van der Waals surface area contributed by atoms with Gasteiger partial charge in [-0.25, -0.2) is 19.6 Å². The van der Waals surface area contributed by atoms with Crippen molar-refractivity contribution in [3.63, 3.8) is 0 Å². The third-order valence-electron chi connectivity index (χ3n) is 5.43. The summed E-state index contributed by atoms with van der Waals surface area (Å²) in [6, 6.07) is 19.7. The number of rotatable bonds is 14. The second kappa shape index (κ2) is 14.5. The molecule has 0 saturated carbocycles. The van der Waals surface area contributed by atoms with Gasteiger partial charge in [-0.1, -0.05) is 60.7 Å². The van der Waals surface area contributed by atoms with Gasteiger partial charge in [0, 0.05) is 25.6 Å². The van der Waals surface area contributed by atoms with Crippen molar-refractivity contribution in [1.29, 1.82) is 0 Å². The van der Waals surface area contributed by atoms with Crippen molar-refractivity contribution < 1.29 is 28.5 Å². The maximum atomic E-state index is 12.1. The highest BCUT2D eigenvalue weighted by Gasteiger charge is 2.22. The fourth-order valence-electron chi connectivity index (χ4n) is 3.54. The van der Waals surface area contributed by atoms with Gasteiger partial charge in [0.05, 0.1) is 24.6 Å². The zero-order chi connectivity index (χ0) is 26.4. The lowest BCUT2D eigenvalue weighted by Gasteiger charge is -2.03. The molecule has 0 bridgehead atoms. The van der Waals surface area contributed by atoms with E-state index in [4.69, 9.17) is 18.9 Å². The average molecular weight is 519 g/mol. The van der Waals surface area contributed by atoms with E-state index in [0.29, 0.717) is 50.7 Å². The predicted molar refractivity (Wildman–Crippen MR) is 137 cm³/mol. The van der Waals surface area contributed by atoms with Crippen molar-refractivity contribution in [2.75, 3.05) is 13.2 Å². The standard InChI is InChI=1S/C28H30N4O6/c33-25(37-27-29-17-23(31-27)13-7-15-35-19-21-9-3-1-4-10-21)26(34)38-28-30-18-24(32-28)14-8-16-36-20-22-11-5-2-6-12-22/h1-6,9-12,17-18H,7-8,13-16,19-20H2,(H,29,31)(H,30,32). The Balaban J connectivity index is 1.10. The van der Waals surface area contributed by atoms with Crippen LogP contribution in [0.5, 0.6) is 12.0 Å². The lowest BCUT2D eigenvalue weighted by atomic mass is 10.2. The Morgan fingerprint density at radius 2 is 1.05 bits per heavy atom. The van der Waals surface area contributed by atoms with Crippen LogP contribution in [0.4, 0.5) is 0 Å². The fraction of sp³-hybridized carbons (Fsp3) is 0.286. The van der Waals surface area contributed by atoms with E-state index in [2.05, 4.69) is 19.9 Å². The lowest BCUT2D eigenvalue weighted by Crippen LogP contribution is -2.26. The van der Waals surface area contributed by atoms with Gasteiger partial charge >= 0.3 is 24.0 Å². The number of hydrogen-bond donors (Lipinski definition) is 2. The van der Waals surface area contributed by atoms with Crippen molar-refractivity contribution in [3.05, 3.63) is 95.6 Å². The first kappa shape index (κ1) is 26.8. The molecule has 2 heterocycles. The normalized spacial score (nSPS) is 10.8. The number of imidazole rings is 2. The number of benzene rings is 2. The van der Waals surface area contributed by atoms with Crippen LogP contribution in [0.15, 0.2) is 73.1 Å². The van der Waals surface area contributed by atoms with Crippen molar-refractivity contribution in [2.45, 2.75) is 38.9 Å². The summed E-state index contributed by atoms with van der Waals surface area (Å²) >= 11 is 0. The molecule has 2 N–H and O–H groups in total. The summed E-state index contributed by atoms with van der Waals surface area (Å²) < 4.78 is 21.3. The smallest absolute Gasteiger partial charge is 0.384 e. The van der Waals surface area contributed by atoms with E-state index in [1.165, 1.54) is 0 Å². The maximum absolute atomic E-state index is 12.1. The molecule has 38 heavy (non-hydrogen) atoms. The topological polar surface area (TPSA) is 128 Å². The summed E-state index contributed by atoms with van der Waals surface area (Å²) in [6.07, 6.45) is 5.97. The van der Waals surface area contributed by atoms with Gasteiger partial charge in [0.15, 0.2) is 0 Å². The quantitative estimate of drug-likeness (QED) is 0.146. The highest BCUT2D eigenvalue weighted by molar-refractivity contribution is 6.30. The average Bonchev–Trinajstić information content (AvgIpc) is 3.58. The Morgan fingerprint density at radius 1 is 0.632 bits per heavy atom. The van der Waals surface area contributed by atoms with E-state index >= 15 is 0 Å². The van der Waals surface area contributed by atoms with Crippen molar-refractivity contribution >= 4 is 11.9 Å². The molecule has 198 valence electrons. The van der Waals surface area contributed by atoms with Gasteiger partial charge in [0.2, 0.25) is 0 Å². The van der Waals surface area contributed by atoms with Gasteiger partial charge in [-0.05, 0) is 36.8 Å². The lowest BCUT2D eigenvalue weighted by molar-refractivity contribution is -0.156. The minimum atomic E-state index is -1.20. The van der Waals surface area contributed by atoms with Crippen LogP contribution in [-0.2, 0) is 45.1 Å². The molecule has 0 atom stereocenters. The molecule has 10 nitrogen and oxygen atoms in total. The first-order chi connectivity index (χ1) is 18.7. The first-order valence-electron chi connectivity index (χ1n) is 12.4. The molecule has 0 radical (unpaired) electrons. The van der Waals surface area contributed by atoms with Crippen LogP contribution in [0.3, 0.4) is 0 Å². The monoisotopic (exact) mass is 518 g/mol. The Morgan fingerprint density at radius 3 is 1.47 bits per heavy atom. The number of aryl methyl sites for hydroxylation is 2. The summed E-state index contributed by atoms with van der Waals surface area (Å²) in [7, 11) is 0. The van der Waals surface area contributed by atoms with Crippen LogP contribution >= 0.6 is 0 Å². The van der Waals surface area contributed by atoms with Crippen LogP contribution in [0.25, 0.3) is 0 Å². The van der Waals surface area contributed by atoms with Crippen LogP contribution in [0.2, 0.25) is 0 Å². The van der Waals surface area contributed by atoms with Crippen LogP contribution in [-0.4, -0.2) is 45.1 Å². The Kier molecular flexibility index (Phi) is 10.2. The van der Waals surface area contributed by atoms with Crippen LogP contribution < -0.4 is 9.47 Å². The van der Waals surface area contributed by atoms with Gasteiger partial charge in [-0.15, -0.1) is 0 Å². The fourth-order valence-corrected chi connectivity index (χ4v) is 3.54. The number of H-pyrrole nitrogens is 2. The van der Waals surface area contributed by atoms with Gasteiger partial charge in [-0.2, -0.15) is 0 Å². The van der Waals surface area contributed by atoms with E-state index in [-0.39, 0.29) is 12.0 Å². The zero-order valence-electron chi connectivity index (χ0n) is 20.9. The number of nitrogens with one attached hydrogen (secondary N) is 2. The van der Waals surface area contributed by atoms with Crippen molar-refractivity contribution in [1.82, 2.24) is 19.9 Å². The number of aromatic amines is 2. The summed E-state index contributed by atoms with van der Waals surface area (Å²) in [5.74, 6) is -2.41. The van der Waals surface area contributed by atoms with Gasteiger partial charge in [0.1, 0.15) is 0 Å². The molecule has 4 aromatic rings. The minimum Gasteiger partial charge on any atom is -0.384 e. The highest BCUT2D eigenvalue weighted by Crippen LogP contribution is 2.11. The zero-order valence-corrected chi connectivity index (χ0v) is 20.9. The Hall–Kier alpha value is -4.28. The van der Waals surface area contributed by atoms with Crippen molar-refractivity contribution in [3.8, 4) is 12.0 Å². The molecule has 10 heteroatoms. The van der Waals surface area contributed by atoms with Crippen LogP contribution in [0, 0.1) is 0 Å². The molecule has 0 amide bonds. The molecule has 0 saturated heterocycles. The number of carbonyl (C=O) groups is 2. The summed E-state index contributed by atoms with van der Waals surface area (Å²) in [5, 5.41) is 0. The number of hydrogen-bond acceptors (Lipinski definition) is 8. The highest BCUT2D eigenvalue weighted by atomic mass is 16.6. The minimum absolute atomic E-state index is 0.0807. The molecule has 0 aliphatic rings. The SMILES string of the molecule is O=C(Oc1nc(CCCOCc2ccccc2)c[nH]1)C(=O)Oc1nc(CCCOCc2ccccc2)c[nH]1. The maximum Gasteiger partial charge on any atom is 0.425 e. The molecule has 0 fully saturated rings. The van der Waals surface area contributed by atoms with E-state index in [9.17, 15) is 9.59 Å². The largest absolute Gasteiger partial charge is 0.425 e. The molecule has 2 aromatic carbocycles. The Bertz CT molecular complexity index is 1170. The molecule has 0 unspecified atom stereocenters. The van der Waals surface area contributed by atoms with E-state index in [0.717, 1.165) is 24.0 Å². The first-order valence-corrected chi connectivity index (χ1v) is 12.4. The molecule has 4 rings (SSSR count). The number of ether oxygens (including phenoxy) is 4. The van der Waals surface area contributed by atoms with E-state index in [1.807, 2.05) is 60.7 Å². The Labute approximate surface area is 220 Å². The second-order valence-electron chi connectivity index (χ2n) is 8.46. The third-order valence-corrected chi connectivity index (χ3v) is 5.43. The predicted octanol–water partition coefficient (Wildman–Crippen LogP) is 3.94. The molecular formula is C28H30N4O6. The molecular weight excluding hydrogens is 488 g/mol. The number of carbonyl (C=O) groups excluding carboxylic acids is 2. The van der Waals surface area contributed by atoms with E-state index in [1.54, 1.807) is 12.4 Å². The summed E-state index contributed by atoms with van der Waals surface area (Å²) in [6.45, 7) is 2.23. The molecule has 0 aliphatic heterocycles. The van der Waals surface area contributed by atoms with E-state index < -0.39 is 11.9 Å². The molecule has 2 aromatic heterocycles. The number of esters is 2. The number of nitrogens with zero attached hydrogens (tertiary/aromatic N) is 2. The third kappa shape index (κ3) is 8.99. The van der Waals surface area contributed by atoms with Crippen LogP contribution in [0.1, 0.15) is 35.4 Å². The van der Waals surface area contributed by atoms with Gasteiger partial charge in [0.25, 0.3) is 0 Å². The van der Waals surface area contributed by atoms with Crippen molar-refractivity contribution in [2.24, 2.45) is 0 Å². The van der Waals surface area contributed by atoms with Gasteiger partial charge in [-0.3, -0.25) is 0 Å². The summed E-state index contributed by atoms with van der Waals surface area (Å²) in [5.41, 5.74) is 3.60. The van der Waals surface area contributed by atoms with Gasteiger partial charge < -0.3 is 28.9 Å².